The van der Waals surface area contributed by atoms with Crippen molar-refractivity contribution in [1.29, 1.82) is 0 Å². The molecule has 0 atom stereocenters. The number of aromatic nitrogens is 5. The second-order valence-corrected chi connectivity index (χ2v) is 7.77. The van der Waals surface area contributed by atoms with E-state index in [2.05, 4.69) is 25.1 Å². The van der Waals surface area contributed by atoms with Crippen molar-refractivity contribution in [1.82, 2.24) is 25.1 Å². The van der Waals surface area contributed by atoms with Crippen LogP contribution >= 0.6 is 0 Å². The van der Waals surface area contributed by atoms with E-state index in [0.717, 1.165) is 39.1 Å². The Morgan fingerprint density at radius 3 is 2.52 bits per heavy atom. The van der Waals surface area contributed by atoms with Crippen LogP contribution < -0.4 is 0 Å². The molecule has 0 saturated carbocycles. The molecular weight excluding hydrogens is 421 g/mol. The normalized spacial score (nSPS) is 11.4. The summed E-state index contributed by atoms with van der Waals surface area (Å²) in [5.74, 6) is -0.566. The lowest BCUT2D eigenvalue weighted by atomic mass is 10.0. The van der Waals surface area contributed by atoms with Crippen LogP contribution in [-0.2, 0) is 0 Å². The highest BCUT2D eigenvalue weighted by Gasteiger charge is 2.15. The number of hydrogen-bond donors (Lipinski definition) is 4. The fourth-order valence-corrected chi connectivity index (χ4v) is 4.11. The predicted molar refractivity (Wildman–Crippen MR) is 123 cm³/mol. The van der Waals surface area contributed by atoms with E-state index in [1.54, 1.807) is 18.5 Å². The number of fused-ring (bicyclic) bond motifs is 2. The number of halogens is 1. The second kappa shape index (κ2) is 7.16. The molecule has 0 spiro atoms. The Kier molecular flexibility index (Phi) is 4.13. The average Bonchev–Trinajstić information content (AvgIpc) is 3.41. The molecule has 160 valence electrons. The van der Waals surface area contributed by atoms with Gasteiger partial charge in [-0.25, -0.2) is 4.39 Å². The maximum atomic E-state index is 13.9. The van der Waals surface area contributed by atoms with E-state index in [9.17, 15) is 14.6 Å². The van der Waals surface area contributed by atoms with Crippen molar-refractivity contribution in [3.8, 4) is 45.3 Å². The third kappa shape index (κ3) is 3.25. The Labute approximate surface area is 186 Å². The average molecular weight is 437 g/mol. The van der Waals surface area contributed by atoms with Crippen molar-refractivity contribution in [2.45, 2.75) is 0 Å². The molecule has 0 unspecified atom stereocenters. The zero-order chi connectivity index (χ0) is 22.5. The number of nitrogens with one attached hydrogen (secondary N) is 2. The molecular formula is C25H16FN5O2. The molecule has 33 heavy (non-hydrogen) atoms. The Morgan fingerprint density at radius 2 is 1.67 bits per heavy atom. The zero-order valence-corrected chi connectivity index (χ0v) is 17.0. The third-order valence-corrected chi connectivity index (χ3v) is 5.58. The van der Waals surface area contributed by atoms with Gasteiger partial charge in [-0.3, -0.25) is 15.1 Å². The smallest absolute Gasteiger partial charge is 0.134 e. The van der Waals surface area contributed by atoms with Crippen molar-refractivity contribution in [3.05, 3.63) is 79.0 Å². The van der Waals surface area contributed by atoms with Crippen molar-refractivity contribution in [2.75, 3.05) is 0 Å². The summed E-state index contributed by atoms with van der Waals surface area (Å²) in [6.07, 6.45) is 4.69. The van der Waals surface area contributed by atoms with Crippen LogP contribution in [0.5, 0.6) is 11.5 Å². The van der Waals surface area contributed by atoms with Crippen LogP contribution in [0, 0.1) is 5.82 Å². The number of rotatable bonds is 3. The van der Waals surface area contributed by atoms with Gasteiger partial charge in [-0.1, -0.05) is 12.1 Å². The molecule has 0 saturated heterocycles. The monoisotopic (exact) mass is 437 g/mol. The number of pyridine rings is 2. The highest BCUT2D eigenvalue weighted by atomic mass is 19.1. The second-order valence-electron chi connectivity index (χ2n) is 7.77. The van der Waals surface area contributed by atoms with E-state index in [4.69, 9.17) is 0 Å². The van der Waals surface area contributed by atoms with Gasteiger partial charge in [-0.15, -0.1) is 0 Å². The minimum Gasteiger partial charge on any atom is -0.508 e. The Bertz CT molecular complexity index is 1650. The van der Waals surface area contributed by atoms with Gasteiger partial charge in [0.15, 0.2) is 0 Å². The fourth-order valence-electron chi connectivity index (χ4n) is 4.11. The van der Waals surface area contributed by atoms with E-state index >= 15 is 0 Å². The summed E-state index contributed by atoms with van der Waals surface area (Å²) in [7, 11) is 0. The van der Waals surface area contributed by atoms with E-state index in [1.165, 1.54) is 18.3 Å². The van der Waals surface area contributed by atoms with E-state index < -0.39 is 5.82 Å². The van der Waals surface area contributed by atoms with Crippen LogP contribution in [0.25, 0.3) is 55.6 Å². The van der Waals surface area contributed by atoms with Gasteiger partial charge >= 0.3 is 0 Å². The molecule has 0 aliphatic heterocycles. The van der Waals surface area contributed by atoms with E-state index in [0.29, 0.717) is 22.5 Å². The third-order valence-electron chi connectivity index (χ3n) is 5.58. The molecule has 4 aromatic heterocycles. The maximum absolute atomic E-state index is 13.9. The predicted octanol–water partition coefficient (Wildman–Crippen LogP) is 5.39. The molecule has 0 aliphatic rings. The lowest BCUT2D eigenvalue weighted by Crippen LogP contribution is -1.85. The van der Waals surface area contributed by atoms with Crippen LogP contribution in [-0.4, -0.2) is 35.4 Å². The fraction of sp³-hybridized carbons (Fsp3) is 0. The Hall–Kier alpha value is -4.72. The Balaban J connectivity index is 1.51. The number of benzene rings is 2. The van der Waals surface area contributed by atoms with Crippen molar-refractivity contribution >= 4 is 21.8 Å². The molecule has 8 heteroatoms. The first-order valence-corrected chi connectivity index (χ1v) is 10.2. The minimum absolute atomic E-state index is 0.0633. The van der Waals surface area contributed by atoms with Crippen LogP contribution in [0.4, 0.5) is 4.39 Å². The van der Waals surface area contributed by atoms with Gasteiger partial charge in [0, 0.05) is 34.1 Å². The number of aromatic hydroxyl groups is 2. The summed E-state index contributed by atoms with van der Waals surface area (Å²) in [5.41, 5.74) is 5.80. The van der Waals surface area contributed by atoms with Crippen LogP contribution in [0.3, 0.4) is 0 Å². The largest absolute Gasteiger partial charge is 0.508 e. The summed E-state index contributed by atoms with van der Waals surface area (Å²) in [5, 5.41) is 28.8. The SMILES string of the molecule is Oc1cncc(-c2cc3c(-c4cc5c(-c6cc(O)cc(F)c6)cccc5[nH]4)n[nH]c3cn2)c1. The quantitative estimate of drug-likeness (QED) is 0.297. The first kappa shape index (κ1) is 19.0. The molecule has 4 N–H and O–H groups in total. The highest BCUT2D eigenvalue weighted by Crippen LogP contribution is 2.36. The number of phenols is 1. The van der Waals surface area contributed by atoms with Gasteiger partial charge in [0.05, 0.1) is 29.3 Å². The molecule has 4 heterocycles. The number of H-pyrrole nitrogens is 2. The van der Waals surface area contributed by atoms with Crippen LogP contribution in [0.1, 0.15) is 0 Å². The zero-order valence-electron chi connectivity index (χ0n) is 17.0. The van der Waals surface area contributed by atoms with Crippen molar-refractivity contribution in [2.24, 2.45) is 0 Å². The molecule has 0 aliphatic carbocycles. The standard InChI is InChI=1S/C25H16FN5O2/c26-15-4-13(5-16(32)7-15)18-2-1-3-21-19(18)8-23(29-21)25-20-9-22(28-12-24(20)30-31-25)14-6-17(33)11-27-10-14/h1-12,29,32-33H,(H,30,31). The first-order chi connectivity index (χ1) is 16.0. The summed E-state index contributed by atoms with van der Waals surface area (Å²) in [4.78, 5) is 11.9. The number of phenolic OH excluding ortho intramolecular Hbond substituents is 1. The highest BCUT2D eigenvalue weighted by molar-refractivity contribution is 6.01. The van der Waals surface area contributed by atoms with Crippen LogP contribution in [0.15, 0.2) is 73.2 Å². The summed E-state index contributed by atoms with van der Waals surface area (Å²) in [6.45, 7) is 0. The van der Waals surface area contributed by atoms with Gasteiger partial charge < -0.3 is 15.2 Å². The lowest BCUT2D eigenvalue weighted by Gasteiger charge is -2.05. The molecule has 0 radical (unpaired) electrons. The molecule has 0 bridgehead atoms. The van der Waals surface area contributed by atoms with Crippen molar-refractivity contribution in [3.63, 3.8) is 0 Å². The van der Waals surface area contributed by atoms with Crippen molar-refractivity contribution < 1.29 is 14.6 Å². The minimum atomic E-state index is -0.502. The Morgan fingerprint density at radius 1 is 0.788 bits per heavy atom. The van der Waals surface area contributed by atoms with Crippen LogP contribution in [0.2, 0.25) is 0 Å². The van der Waals surface area contributed by atoms with Gasteiger partial charge in [-0.05, 0) is 47.5 Å². The van der Waals surface area contributed by atoms with Gasteiger partial charge in [0.25, 0.3) is 0 Å². The molecule has 7 nitrogen and oxygen atoms in total. The summed E-state index contributed by atoms with van der Waals surface area (Å²) < 4.78 is 13.9. The van der Waals surface area contributed by atoms with Gasteiger partial charge in [-0.2, -0.15) is 5.10 Å². The van der Waals surface area contributed by atoms with Gasteiger partial charge in [0.1, 0.15) is 23.0 Å². The van der Waals surface area contributed by atoms with E-state index in [-0.39, 0.29) is 11.5 Å². The molecule has 0 amide bonds. The van der Waals surface area contributed by atoms with E-state index in [1.807, 2.05) is 30.3 Å². The molecule has 0 fully saturated rings. The maximum Gasteiger partial charge on any atom is 0.134 e. The summed E-state index contributed by atoms with van der Waals surface area (Å²) >= 11 is 0. The molecule has 2 aromatic carbocycles. The number of aromatic amines is 2. The van der Waals surface area contributed by atoms with Gasteiger partial charge in [0.2, 0.25) is 0 Å². The molecule has 6 rings (SSSR count). The number of nitrogens with zero attached hydrogens (tertiary/aromatic N) is 3. The first-order valence-electron chi connectivity index (χ1n) is 10.2. The number of hydrogen-bond acceptors (Lipinski definition) is 5. The lowest BCUT2D eigenvalue weighted by molar-refractivity contribution is 0.469. The topological polar surface area (TPSA) is 111 Å². The summed E-state index contributed by atoms with van der Waals surface area (Å²) in [6, 6.07) is 15.1. The molecule has 6 aromatic rings.